The highest BCUT2D eigenvalue weighted by molar-refractivity contribution is 6.02. The second-order valence-electron chi connectivity index (χ2n) is 3.78. The van der Waals surface area contributed by atoms with Gasteiger partial charge in [-0.05, 0) is 24.7 Å². The lowest BCUT2D eigenvalue weighted by atomic mass is 10.0. The van der Waals surface area contributed by atoms with Gasteiger partial charge in [0.05, 0.1) is 5.56 Å². The van der Waals surface area contributed by atoms with Gasteiger partial charge in [0.15, 0.2) is 0 Å². The number of hydrogen-bond acceptors (Lipinski definition) is 2. The summed E-state index contributed by atoms with van der Waals surface area (Å²) >= 11 is 0. The number of benzene rings is 1. The summed E-state index contributed by atoms with van der Waals surface area (Å²) in [4.78, 5) is 11.5. The molecule has 2 N–H and O–H groups in total. The molecule has 17 heavy (non-hydrogen) atoms. The van der Waals surface area contributed by atoms with E-state index in [-0.39, 0.29) is 5.91 Å². The molecule has 3 nitrogen and oxygen atoms in total. The minimum absolute atomic E-state index is 0.318. The van der Waals surface area contributed by atoms with Gasteiger partial charge in [0.2, 0.25) is 5.91 Å². The molecule has 1 atom stereocenters. The zero-order valence-corrected chi connectivity index (χ0v) is 9.06. The third-order valence-electron chi connectivity index (χ3n) is 2.62. The van der Waals surface area contributed by atoms with Crippen LogP contribution in [-0.4, -0.2) is 12.5 Å². The number of carbonyl (C=O) groups is 1. The van der Waals surface area contributed by atoms with Gasteiger partial charge in [-0.3, -0.25) is 4.79 Å². The lowest BCUT2D eigenvalue weighted by molar-refractivity contribution is -0.137. The van der Waals surface area contributed by atoms with Gasteiger partial charge in [0, 0.05) is 11.3 Å². The van der Waals surface area contributed by atoms with E-state index in [4.69, 9.17) is 0 Å². The first-order valence-corrected chi connectivity index (χ1v) is 5.19. The van der Waals surface area contributed by atoms with Crippen LogP contribution in [0.5, 0.6) is 0 Å². The fraction of sp³-hybridized carbons (Fsp3) is 0.364. The number of likely N-dealkylation sites (N-methyl/N-ethyl adjacent to an activating group) is 1. The molecule has 0 spiro atoms. The SMILES string of the molecule is CCNC1C(=O)Nc2ccc(C(F)(F)F)cc21. The van der Waals surface area contributed by atoms with Gasteiger partial charge in [-0.15, -0.1) is 0 Å². The number of anilines is 1. The summed E-state index contributed by atoms with van der Waals surface area (Å²) in [5.74, 6) is -0.318. The number of halogens is 3. The maximum atomic E-state index is 12.5. The average Bonchev–Trinajstić information content (AvgIpc) is 2.54. The molecule has 0 saturated carbocycles. The summed E-state index contributed by atoms with van der Waals surface area (Å²) in [6.45, 7) is 2.30. The minimum Gasteiger partial charge on any atom is -0.324 e. The van der Waals surface area contributed by atoms with E-state index in [2.05, 4.69) is 10.6 Å². The topological polar surface area (TPSA) is 41.1 Å². The number of alkyl halides is 3. The number of nitrogens with one attached hydrogen (secondary N) is 2. The maximum absolute atomic E-state index is 12.5. The minimum atomic E-state index is -4.39. The first-order chi connectivity index (χ1) is 7.93. The van der Waals surface area contributed by atoms with Crippen LogP contribution in [0.2, 0.25) is 0 Å². The first kappa shape index (κ1) is 11.9. The van der Waals surface area contributed by atoms with Crippen LogP contribution in [0.1, 0.15) is 24.1 Å². The van der Waals surface area contributed by atoms with Gasteiger partial charge < -0.3 is 10.6 Å². The monoisotopic (exact) mass is 244 g/mol. The van der Waals surface area contributed by atoms with E-state index in [1.54, 1.807) is 6.92 Å². The summed E-state index contributed by atoms with van der Waals surface area (Å²) in [6, 6.07) is 2.57. The van der Waals surface area contributed by atoms with E-state index in [1.165, 1.54) is 6.07 Å². The van der Waals surface area contributed by atoms with Crippen molar-refractivity contribution in [3.05, 3.63) is 29.3 Å². The highest BCUT2D eigenvalue weighted by Crippen LogP contribution is 2.36. The Morgan fingerprint density at radius 3 is 2.71 bits per heavy atom. The Morgan fingerprint density at radius 1 is 1.41 bits per heavy atom. The number of hydrogen-bond donors (Lipinski definition) is 2. The van der Waals surface area contributed by atoms with E-state index < -0.39 is 17.8 Å². The lowest BCUT2D eigenvalue weighted by Crippen LogP contribution is -2.27. The Hall–Kier alpha value is -1.56. The van der Waals surface area contributed by atoms with Crippen LogP contribution in [-0.2, 0) is 11.0 Å². The number of carbonyl (C=O) groups excluding carboxylic acids is 1. The van der Waals surface area contributed by atoms with E-state index in [9.17, 15) is 18.0 Å². The molecule has 0 saturated heterocycles. The molecule has 0 fully saturated rings. The summed E-state index contributed by atoms with van der Waals surface area (Å²) in [5, 5.41) is 5.39. The zero-order valence-electron chi connectivity index (χ0n) is 9.06. The predicted octanol–water partition coefficient (Wildman–Crippen LogP) is 2.31. The van der Waals surface area contributed by atoms with Gasteiger partial charge in [-0.2, -0.15) is 13.2 Å². The molecular formula is C11H11F3N2O. The highest BCUT2D eigenvalue weighted by atomic mass is 19.4. The molecule has 1 amide bonds. The summed E-state index contributed by atoms with van der Waals surface area (Å²) in [6.07, 6.45) is -4.39. The van der Waals surface area contributed by atoms with E-state index in [0.29, 0.717) is 17.8 Å². The van der Waals surface area contributed by atoms with Crippen molar-refractivity contribution in [3.63, 3.8) is 0 Å². The molecule has 0 aromatic heterocycles. The van der Waals surface area contributed by atoms with Crippen molar-refractivity contribution in [2.45, 2.75) is 19.1 Å². The highest BCUT2D eigenvalue weighted by Gasteiger charge is 2.35. The van der Waals surface area contributed by atoms with Crippen molar-refractivity contribution in [3.8, 4) is 0 Å². The molecule has 0 radical (unpaired) electrons. The number of rotatable bonds is 2. The molecule has 1 aliphatic heterocycles. The molecule has 1 heterocycles. The molecular weight excluding hydrogens is 233 g/mol. The molecule has 1 aromatic rings. The third kappa shape index (κ3) is 2.12. The third-order valence-corrected chi connectivity index (χ3v) is 2.62. The largest absolute Gasteiger partial charge is 0.416 e. The molecule has 6 heteroatoms. The zero-order chi connectivity index (χ0) is 12.6. The summed E-state index contributed by atoms with van der Waals surface area (Å²) in [5.41, 5.74) is 0.0521. The fourth-order valence-corrected chi connectivity index (χ4v) is 1.84. The Kier molecular flexibility index (Phi) is 2.82. The quantitative estimate of drug-likeness (QED) is 0.838. The van der Waals surface area contributed by atoms with Crippen LogP contribution >= 0.6 is 0 Å². The fourth-order valence-electron chi connectivity index (χ4n) is 1.84. The van der Waals surface area contributed by atoms with Crippen molar-refractivity contribution in [1.29, 1.82) is 0 Å². The Bertz CT molecular complexity index is 457. The molecule has 0 aliphatic carbocycles. The average molecular weight is 244 g/mol. The predicted molar refractivity (Wildman–Crippen MR) is 56.5 cm³/mol. The van der Waals surface area contributed by atoms with E-state index >= 15 is 0 Å². The van der Waals surface area contributed by atoms with Gasteiger partial charge in [0.25, 0.3) is 0 Å². The van der Waals surface area contributed by atoms with Crippen molar-refractivity contribution in [2.24, 2.45) is 0 Å². The molecule has 1 aromatic carbocycles. The van der Waals surface area contributed by atoms with Crippen molar-refractivity contribution < 1.29 is 18.0 Å². The Labute approximate surface area is 96.0 Å². The normalized spacial score (nSPS) is 19.1. The Balaban J connectivity index is 2.42. The first-order valence-electron chi connectivity index (χ1n) is 5.19. The molecule has 0 bridgehead atoms. The van der Waals surface area contributed by atoms with Crippen LogP contribution in [0.4, 0.5) is 18.9 Å². The second-order valence-corrected chi connectivity index (χ2v) is 3.78. The standard InChI is InChI=1S/C11H11F3N2O/c1-2-15-9-7-5-6(11(12,13)14)3-4-8(7)16-10(9)17/h3-5,9,15H,2H2,1H3,(H,16,17). The molecule has 1 unspecified atom stereocenters. The maximum Gasteiger partial charge on any atom is 0.416 e. The number of fused-ring (bicyclic) bond motifs is 1. The summed E-state index contributed by atoms with van der Waals surface area (Å²) < 4.78 is 37.6. The van der Waals surface area contributed by atoms with Crippen LogP contribution in [0.3, 0.4) is 0 Å². The summed E-state index contributed by atoms with van der Waals surface area (Å²) in [7, 11) is 0. The second kappa shape index (κ2) is 4.03. The van der Waals surface area contributed by atoms with Crippen molar-refractivity contribution >= 4 is 11.6 Å². The van der Waals surface area contributed by atoms with Gasteiger partial charge in [0.1, 0.15) is 6.04 Å². The molecule has 1 aliphatic rings. The van der Waals surface area contributed by atoms with E-state index in [1.807, 2.05) is 0 Å². The van der Waals surface area contributed by atoms with Crippen LogP contribution < -0.4 is 10.6 Å². The molecule has 92 valence electrons. The molecule has 2 rings (SSSR count). The van der Waals surface area contributed by atoms with Crippen LogP contribution in [0.15, 0.2) is 18.2 Å². The van der Waals surface area contributed by atoms with E-state index in [0.717, 1.165) is 12.1 Å². The van der Waals surface area contributed by atoms with Gasteiger partial charge in [-0.25, -0.2) is 0 Å². The van der Waals surface area contributed by atoms with Crippen LogP contribution in [0.25, 0.3) is 0 Å². The van der Waals surface area contributed by atoms with Gasteiger partial charge >= 0.3 is 6.18 Å². The van der Waals surface area contributed by atoms with Gasteiger partial charge in [-0.1, -0.05) is 6.92 Å². The smallest absolute Gasteiger partial charge is 0.324 e. The Morgan fingerprint density at radius 2 is 2.12 bits per heavy atom. The van der Waals surface area contributed by atoms with Crippen molar-refractivity contribution in [1.82, 2.24) is 5.32 Å². The van der Waals surface area contributed by atoms with Crippen LogP contribution in [0, 0.1) is 0 Å². The van der Waals surface area contributed by atoms with Crippen molar-refractivity contribution in [2.75, 3.05) is 11.9 Å². The number of amides is 1. The lowest BCUT2D eigenvalue weighted by Gasteiger charge is -2.12.